The third kappa shape index (κ3) is 1.89. The first-order valence-electron chi connectivity index (χ1n) is 9.70. The van der Waals surface area contributed by atoms with Crippen LogP contribution in [0.1, 0.15) is 45.4 Å². The minimum Gasteiger partial charge on any atom is -0.469 e. The lowest BCUT2D eigenvalue weighted by Crippen LogP contribution is -2.50. The second-order valence-electron chi connectivity index (χ2n) is 8.91. The quantitative estimate of drug-likeness (QED) is 0.559. The fourth-order valence-electron chi connectivity index (χ4n) is 7.49. The van der Waals surface area contributed by atoms with E-state index in [-0.39, 0.29) is 40.9 Å². The minimum atomic E-state index is -0.753. The van der Waals surface area contributed by atoms with E-state index < -0.39 is 11.3 Å². The molecule has 5 heteroatoms. The molecule has 0 aromatic rings. The van der Waals surface area contributed by atoms with Crippen molar-refractivity contribution in [2.24, 2.45) is 40.4 Å². The summed E-state index contributed by atoms with van der Waals surface area (Å²) < 4.78 is 10.5. The van der Waals surface area contributed by atoms with Crippen LogP contribution in [-0.4, -0.2) is 31.9 Å². The largest absolute Gasteiger partial charge is 0.469 e. The Bertz CT molecular complexity index is 697. The molecular weight excluding hydrogens is 332 g/mol. The van der Waals surface area contributed by atoms with Crippen LogP contribution in [0.15, 0.2) is 12.2 Å². The van der Waals surface area contributed by atoms with Gasteiger partial charge in [-0.1, -0.05) is 19.1 Å². The summed E-state index contributed by atoms with van der Waals surface area (Å²) in [6.07, 6.45) is 4.42. The zero-order valence-electron chi connectivity index (χ0n) is 15.9. The third-order valence-electron chi connectivity index (χ3n) is 8.31. The van der Waals surface area contributed by atoms with Crippen molar-refractivity contribution in [3.05, 3.63) is 12.2 Å². The van der Waals surface area contributed by atoms with Crippen LogP contribution < -0.4 is 0 Å². The Morgan fingerprint density at radius 2 is 1.92 bits per heavy atom. The van der Waals surface area contributed by atoms with Gasteiger partial charge in [-0.2, -0.15) is 0 Å². The van der Waals surface area contributed by atoms with Crippen molar-refractivity contribution in [1.82, 2.24) is 0 Å². The van der Waals surface area contributed by atoms with Crippen LogP contribution >= 0.6 is 0 Å². The number of esters is 2. The summed E-state index contributed by atoms with van der Waals surface area (Å²) >= 11 is 0. The van der Waals surface area contributed by atoms with E-state index in [2.05, 4.69) is 6.58 Å². The Balaban J connectivity index is 1.95. The topological polar surface area (TPSA) is 69.7 Å². The standard InChI is InChI=1S/C21H28O5/c1-11-9-20-10-13(11)5-6-15(20)21(19(24)26-4)8-7-14(22)12(2)16(21)17(20)18(23)25-3/h12-13,15-17H,1,5-10H2,2-4H3/t12?,13-,15?,16?,17-,20+,21-/m1/s1. The molecule has 4 fully saturated rings. The number of ether oxygens (including phenoxy) is 2. The van der Waals surface area contributed by atoms with Gasteiger partial charge in [0.1, 0.15) is 5.78 Å². The lowest BCUT2D eigenvalue weighted by atomic mass is 9.56. The van der Waals surface area contributed by atoms with E-state index >= 15 is 0 Å². The molecule has 4 aliphatic carbocycles. The lowest BCUT2D eigenvalue weighted by Gasteiger charge is -2.46. The van der Waals surface area contributed by atoms with E-state index in [0.29, 0.717) is 18.8 Å². The number of hydrogen-bond donors (Lipinski definition) is 0. The summed E-state index contributed by atoms with van der Waals surface area (Å²) in [7, 11) is 2.83. The molecule has 0 saturated heterocycles. The number of Topliss-reactive ketones (excluding diaryl/α,β-unsaturated/α-hetero) is 1. The van der Waals surface area contributed by atoms with Gasteiger partial charge < -0.3 is 9.47 Å². The number of ketones is 1. The molecule has 142 valence electrons. The Morgan fingerprint density at radius 1 is 1.19 bits per heavy atom. The van der Waals surface area contributed by atoms with Gasteiger partial charge in [-0.25, -0.2) is 0 Å². The molecule has 0 radical (unpaired) electrons. The van der Waals surface area contributed by atoms with Gasteiger partial charge in [0.25, 0.3) is 0 Å². The van der Waals surface area contributed by atoms with Crippen molar-refractivity contribution in [2.75, 3.05) is 14.2 Å². The molecule has 0 aliphatic heterocycles. The number of rotatable bonds is 2. The van der Waals surface area contributed by atoms with Crippen LogP contribution in [0, 0.1) is 40.4 Å². The molecule has 26 heavy (non-hydrogen) atoms. The van der Waals surface area contributed by atoms with E-state index in [9.17, 15) is 14.4 Å². The van der Waals surface area contributed by atoms with Gasteiger partial charge in [0, 0.05) is 12.3 Å². The van der Waals surface area contributed by atoms with Crippen molar-refractivity contribution in [1.29, 1.82) is 0 Å². The maximum Gasteiger partial charge on any atom is 0.312 e. The summed E-state index contributed by atoms with van der Waals surface area (Å²) in [4.78, 5) is 38.8. The van der Waals surface area contributed by atoms with Gasteiger partial charge in [-0.15, -0.1) is 0 Å². The fourth-order valence-corrected chi connectivity index (χ4v) is 7.49. The Morgan fingerprint density at radius 3 is 2.58 bits per heavy atom. The van der Waals surface area contributed by atoms with E-state index in [1.807, 2.05) is 6.92 Å². The first-order chi connectivity index (χ1) is 12.3. The van der Waals surface area contributed by atoms with Crippen LogP contribution in [0.3, 0.4) is 0 Å². The van der Waals surface area contributed by atoms with Crippen LogP contribution in [0.5, 0.6) is 0 Å². The van der Waals surface area contributed by atoms with Gasteiger partial charge >= 0.3 is 11.9 Å². The summed E-state index contributed by atoms with van der Waals surface area (Å²) in [5, 5.41) is 0. The maximum absolute atomic E-state index is 13.2. The SMILES string of the molecule is C=C1C[C@]23C[C@H]1CCC2[C@]1(C(=O)OC)CCC(=O)C(C)C1[C@@H]3C(=O)OC. The van der Waals surface area contributed by atoms with E-state index in [1.54, 1.807) is 0 Å². The number of hydrogen-bond acceptors (Lipinski definition) is 5. The molecule has 4 saturated carbocycles. The molecule has 0 heterocycles. The first-order valence-corrected chi connectivity index (χ1v) is 9.70. The molecule has 2 bridgehead atoms. The Hall–Kier alpha value is -1.65. The highest BCUT2D eigenvalue weighted by atomic mass is 16.5. The molecule has 4 rings (SSSR count). The van der Waals surface area contributed by atoms with Gasteiger partial charge in [-0.3, -0.25) is 14.4 Å². The van der Waals surface area contributed by atoms with Crippen molar-refractivity contribution >= 4 is 17.7 Å². The number of carbonyl (C=O) groups is 3. The summed E-state index contributed by atoms with van der Waals surface area (Å²) in [6.45, 7) is 6.16. The lowest BCUT2D eigenvalue weighted by molar-refractivity contribution is -0.167. The minimum absolute atomic E-state index is 0.0580. The molecule has 0 aromatic carbocycles. The van der Waals surface area contributed by atoms with E-state index in [1.165, 1.54) is 19.8 Å². The predicted molar refractivity (Wildman–Crippen MR) is 93.9 cm³/mol. The molecule has 5 nitrogen and oxygen atoms in total. The van der Waals surface area contributed by atoms with E-state index in [4.69, 9.17) is 9.47 Å². The van der Waals surface area contributed by atoms with Crippen LogP contribution in [0.25, 0.3) is 0 Å². The molecule has 4 aliphatic rings. The Kier molecular flexibility index (Phi) is 3.87. The number of carbonyl (C=O) groups excluding carboxylic acids is 3. The zero-order chi connectivity index (χ0) is 18.9. The van der Waals surface area contributed by atoms with Crippen molar-refractivity contribution in [3.63, 3.8) is 0 Å². The van der Waals surface area contributed by atoms with Crippen LogP contribution in [-0.2, 0) is 23.9 Å². The molecule has 0 aromatic heterocycles. The average Bonchev–Trinajstić information content (AvgIpc) is 3.05. The highest BCUT2D eigenvalue weighted by molar-refractivity contribution is 5.90. The number of methoxy groups -OCH3 is 2. The smallest absolute Gasteiger partial charge is 0.312 e. The van der Waals surface area contributed by atoms with Gasteiger partial charge in [0.15, 0.2) is 0 Å². The molecule has 1 spiro atoms. The van der Waals surface area contributed by atoms with Crippen molar-refractivity contribution in [3.8, 4) is 0 Å². The van der Waals surface area contributed by atoms with Crippen LogP contribution in [0.4, 0.5) is 0 Å². The molecular formula is C21H28O5. The normalized spacial score (nSPS) is 46.5. The molecule has 7 atom stereocenters. The van der Waals surface area contributed by atoms with E-state index in [0.717, 1.165) is 25.7 Å². The van der Waals surface area contributed by atoms with Crippen molar-refractivity contribution < 1.29 is 23.9 Å². The predicted octanol–water partition coefficient (Wildman–Crippen LogP) is 2.93. The summed E-state index contributed by atoms with van der Waals surface area (Å²) in [5.74, 6) is -1.000. The summed E-state index contributed by atoms with van der Waals surface area (Å²) in [6, 6.07) is 0. The monoisotopic (exact) mass is 360 g/mol. The fraction of sp³-hybridized carbons (Fsp3) is 0.762. The molecule has 0 N–H and O–H groups in total. The zero-order valence-corrected chi connectivity index (χ0v) is 15.9. The Labute approximate surface area is 154 Å². The second-order valence-corrected chi connectivity index (χ2v) is 8.91. The number of allylic oxidation sites excluding steroid dienone is 1. The molecule has 3 unspecified atom stereocenters. The summed E-state index contributed by atoms with van der Waals surface area (Å²) in [5.41, 5.74) is 0.125. The first kappa shape index (κ1) is 17.7. The van der Waals surface area contributed by atoms with Gasteiger partial charge in [-0.05, 0) is 55.3 Å². The average molecular weight is 360 g/mol. The molecule has 0 amide bonds. The highest BCUT2D eigenvalue weighted by Gasteiger charge is 2.76. The number of fused-ring (bicyclic) bond motifs is 3. The van der Waals surface area contributed by atoms with Gasteiger partial charge in [0.2, 0.25) is 0 Å². The third-order valence-corrected chi connectivity index (χ3v) is 8.31. The maximum atomic E-state index is 13.2. The van der Waals surface area contributed by atoms with Gasteiger partial charge in [0.05, 0.1) is 25.6 Å². The second kappa shape index (κ2) is 5.67. The highest BCUT2D eigenvalue weighted by Crippen LogP contribution is 2.76. The van der Waals surface area contributed by atoms with Crippen molar-refractivity contribution in [2.45, 2.75) is 45.4 Å². The van der Waals surface area contributed by atoms with Crippen LogP contribution in [0.2, 0.25) is 0 Å².